The predicted molar refractivity (Wildman–Crippen MR) is 124 cm³/mol. The summed E-state index contributed by atoms with van der Waals surface area (Å²) in [6.45, 7) is 3.50. The fraction of sp³-hybridized carbons (Fsp3) is 0.200. The number of carbonyl (C=O) groups is 1. The van der Waals surface area contributed by atoms with Crippen LogP contribution in [0.5, 0.6) is 17.2 Å². The van der Waals surface area contributed by atoms with Crippen molar-refractivity contribution >= 4 is 28.6 Å². The van der Waals surface area contributed by atoms with Crippen molar-refractivity contribution in [2.24, 2.45) is 0 Å². The van der Waals surface area contributed by atoms with Crippen molar-refractivity contribution in [2.45, 2.75) is 32.7 Å². The van der Waals surface area contributed by atoms with E-state index in [1.54, 1.807) is 36.5 Å². The molecule has 6 nitrogen and oxygen atoms in total. The third kappa shape index (κ3) is 5.19. The Labute approximate surface area is 203 Å². The van der Waals surface area contributed by atoms with Gasteiger partial charge in [0, 0.05) is 11.2 Å². The molecule has 2 aromatic carbocycles. The molecule has 0 saturated carbocycles. The number of carboxylic acid groups (broad SMARTS) is 1. The van der Waals surface area contributed by atoms with E-state index in [0.717, 1.165) is 12.1 Å². The van der Waals surface area contributed by atoms with Gasteiger partial charge in [-0.3, -0.25) is 0 Å². The topological polar surface area (TPSA) is 73.6 Å². The van der Waals surface area contributed by atoms with Crippen LogP contribution in [-0.2, 0) is 17.5 Å². The SMILES string of the molecule is Cc1c(Oc2ccc(C(F)(F)F)cc2)c2cccnc2n1Cc1cc(O[C@@H](C)C(=O)O)ccc1Cl. The standard InChI is InChI=1S/C25H20ClF3N2O4/c1-14-22(35-18-7-5-17(6-8-18)25(27,28)29)20-4-3-11-30-23(20)31(14)13-16-12-19(9-10-21(16)26)34-15(2)24(32)33/h3-12,15H,13H2,1-2H3,(H,32,33)/t15-/m0/s1. The molecule has 2 aromatic heterocycles. The van der Waals surface area contributed by atoms with Gasteiger partial charge in [-0.15, -0.1) is 0 Å². The molecule has 0 aliphatic rings. The van der Waals surface area contributed by atoms with Crippen LogP contribution in [0.3, 0.4) is 0 Å². The number of hydrogen-bond donors (Lipinski definition) is 1. The third-order valence-electron chi connectivity index (χ3n) is 5.43. The summed E-state index contributed by atoms with van der Waals surface area (Å²) in [5.41, 5.74) is 1.17. The number of aromatic nitrogens is 2. The predicted octanol–water partition coefficient (Wildman–Crippen LogP) is 6.71. The summed E-state index contributed by atoms with van der Waals surface area (Å²) in [6, 6.07) is 12.9. The second-order valence-electron chi connectivity index (χ2n) is 7.85. The van der Waals surface area contributed by atoms with E-state index in [9.17, 15) is 18.0 Å². The highest BCUT2D eigenvalue weighted by molar-refractivity contribution is 6.31. The Morgan fingerprint density at radius 2 is 1.83 bits per heavy atom. The van der Waals surface area contributed by atoms with Gasteiger partial charge in [-0.05, 0) is 74.0 Å². The number of hydrogen-bond acceptors (Lipinski definition) is 4. The van der Waals surface area contributed by atoms with Gasteiger partial charge in [-0.25, -0.2) is 9.78 Å². The Morgan fingerprint density at radius 3 is 2.49 bits per heavy atom. The first-order valence-electron chi connectivity index (χ1n) is 10.5. The van der Waals surface area contributed by atoms with Crippen LogP contribution in [0.4, 0.5) is 13.2 Å². The van der Waals surface area contributed by atoms with Crippen molar-refractivity contribution in [3.63, 3.8) is 0 Å². The molecule has 1 N–H and O–H groups in total. The second-order valence-corrected chi connectivity index (χ2v) is 8.26. The lowest BCUT2D eigenvalue weighted by atomic mass is 10.2. The average molecular weight is 505 g/mol. The fourth-order valence-corrected chi connectivity index (χ4v) is 3.77. The molecule has 0 spiro atoms. The molecule has 4 aromatic rings. The Bertz CT molecular complexity index is 1380. The van der Waals surface area contributed by atoms with Crippen molar-refractivity contribution in [1.29, 1.82) is 0 Å². The lowest BCUT2D eigenvalue weighted by Gasteiger charge is -2.14. The van der Waals surface area contributed by atoms with E-state index in [4.69, 9.17) is 26.2 Å². The molecule has 35 heavy (non-hydrogen) atoms. The number of alkyl halides is 3. The molecule has 0 aliphatic carbocycles. The number of nitrogens with zero attached hydrogens (tertiary/aromatic N) is 2. The molecule has 0 amide bonds. The first kappa shape index (κ1) is 24.4. The summed E-state index contributed by atoms with van der Waals surface area (Å²) < 4.78 is 52.0. The molecular formula is C25H20ClF3N2O4. The van der Waals surface area contributed by atoms with Gasteiger partial charge in [-0.2, -0.15) is 13.2 Å². The van der Waals surface area contributed by atoms with Crippen LogP contribution in [0.1, 0.15) is 23.7 Å². The molecule has 0 radical (unpaired) electrons. The summed E-state index contributed by atoms with van der Waals surface area (Å²) in [4.78, 5) is 15.6. The normalized spacial score (nSPS) is 12.5. The highest BCUT2D eigenvalue weighted by Gasteiger charge is 2.30. The number of carboxylic acids is 1. The van der Waals surface area contributed by atoms with Crippen LogP contribution >= 0.6 is 11.6 Å². The number of pyridine rings is 1. The number of benzene rings is 2. The zero-order valence-electron chi connectivity index (χ0n) is 18.6. The van der Waals surface area contributed by atoms with Crippen LogP contribution < -0.4 is 9.47 Å². The number of aliphatic carboxylic acids is 1. The molecule has 0 fully saturated rings. The summed E-state index contributed by atoms with van der Waals surface area (Å²) in [6.07, 6.45) is -3.85. The lowest BCUT2D eigenvalue weighted by Crippen LogP contribution is -2.22. The minimum Gasteiger partial charge on any atom is -0.479 e. The van der Waals surface area contributed by atoms with Crippen LogP contribution in [0.25, 0.3) is 11.0 Å². The molecule has 0 aliphatic heterocycles. The zero-order valence-corrected chi connectivity index (χ0v) is 19.4. The van der Waals surface area contributed by atoms with Gasteiger partial charge in [-0.1, -0.05) is 11.6 Å². The number of fused-ring (bicyclic) bond motifs is 1. The Morgan fingerprint density at radius 1 is 1.14 bits per heavy atom. The summed E-state index contributed by atoms with van der Waals surface area (Å²) >= 11 is 6.41. The van der Waals surface area contributed by atoms with Crippen LogP contribution in [0.15, 0.2) is 60.8 Å². The van der Waals surface area contributed by atoms with Gasteiger partial charge in [0.05, 0.1) is 23.2 Å². The van der Waals surface area contributed by atoms with Crippen LogP contribution in [0.2, 0.25) is 5.02 Å². The number of ether oxygens (including phenoxy) is 2. The third-order valence-corrected chi connectivity index (χ3v) is 5.80. The molecule has 4 rings (SSSR count). The van der Waals surface area contributed by atoms with Crippen molar-refractivity contribution < 1.29 is 32.5 Å². The average Bonchev–Trinajstić information content (AvgIpc) is 3.07. The van der Waals surface area contributed by atoms with Crippen LogP contribution in [-0.4, -0.2) is 26.7 Å². The minimum atomic E-state index is -4.44. The van der Waals surface area contributed by atoms with E-state index >= 15 is 0 Å². The smallest absolute Gasteiger partial charge is 0.416 e. The van der Waals surface area contributed by atoms with Crippen molar-refractivity contribution in [1.82, 2.24) is 9.55 Å². The van der Waals surface area contributed by atoms with Gasteiger partial charge in [0.2, 0.25) is 0 Å². The van der Waals surface area contributed by atoms with E-state index in [-0.39, 0.29) is 12.3 Å². The van der Waals surface area contributed by atoms with Gasteiger partial charge < -0.3 is 19.1 Å². The lowest BCUT2D eigenvalue weighted by molar-refractivity contribution is -0.144. The first-order chi connectivity index (χ1) is 16.5. The number of halogens is 4. The molecule has 0 bridgehead atoms. The molecular weight excluding hydrogens is 485 g/mol. The van der Waals surface area contributed by atoms with Gasteiger partial charge in [0.25, 0.3) is 0 Å². The molecule has 2 heterocycles. The van der Waals surface area contributed by atoms with Crippen molar-refractivity contribution in [3.8, 4) is 17.2 Å². The Kier molecular flexibility index (Phi) is 6.62. The monoisotopic (exact) mass is 504 g/mol. The zero-order chi connectivity index (χ0) is 25.3. The largest absolute Gasteiger partial charge is 0.479 e. The van der Waals surface area contributed by atoms with E-state index in [1.165, 1.54) is 19.1 Å². The van der Waals surface area contributed by atoms with E-state index < -0.39 is 23.8 Å². The minimum absolute atomic E-state index is 0.250. The first-order valence-corrected chi connectivity index (χ1v) is 10.9. The Hall–Kier alpha value is -3.72. The highest BCUT2D eigenvalue weighted by atomic mass is 35.5. The molecule has 182 valence electrons. The highest BCUT2D eigenvalue weighted by Crippen LogP contribution is 2.37. The molecule has 1 atom stereocenters. The summed E-state index contributed by atoms with van der Waals surface area (Å²) in [7, 11) is 0. The number of rotatable bonds is 7. The van der Waals surface area contributed by atoms with Gasteiger partial charge >= 0.3 is 12.1 Å². The maximum absolute atomic E-state index is 12.9. The maximum atomic E-state index is 12.9. The van der Waals surface area contributed by atoms with E-state index in [1.807, 2.05) is 11.5 Å². The fourth-order valence-electron chi connectivity index (χ4n) is 3.59. The molecule has 0 unspecified atom stereocenters. The van der Waals surface area contributed by atoms with Crippen LogP contribution in [0, 0.1) is 6.92 Å². The van der Waals surface area contributed by atoms with Gasteiger partial charge in [0.15, 0.2) is 11.9 Å². The second kappa shape index (κ2) is 9.50. The molecule has 0 saturated heterocycles. The summed E-state index contributed by atoms with van der Waals surface area (Å²) in [5.74, 6) is -0.0402. The quantitative estimate of drug-likeness (QED) is 0.303. The van der Waals surface area contributed by atoms with E-state index in [2.05, 4.69) is 4.98 Å². The summed E-state index contributed by atoms with van der Waals surface area (Å²) in [5, 5.41) is 10.2. The Balaban J connectivity index is 1.69. The van der Waals surface area contributed by atoms with Crippen molar-refractivity contribution in [2.75, 3.05) is 0 Å². The van der Waals surface area contributed by atoms with Crippen molar-refractivity contribution in [3.05, 3.63) is 82.6 Å². The van der Waals surface area contributed by atoms with E-state index in [0.29, 0.717) is 38.8 Å². The maximum Gasteiger partial charge on any atom is 0.416 e. The van der Waals surface area contributed by atoms with Gasteiger partial charge in [0.1, 0.15) is 17.1 Å². The molecule has 10 heteroatoms.